The fourth-order valence-electron chi connectivity index (χ4n) is 1.49. The molecule has 0 spiro atoms. The predicted molar refractivity (Wildman–Crippen MR) is 43.9 cm³/mol. The van der Waals surface area contributed by atoms with Gasteiger partial charge in [-0.25, -0.2) is 0 Å². The molecule has 0 saturated carbocycles. The summed E-state index contributed by atoms with van der Waals surface area (Å²) in [6.07, 6.45) is 5.31. The third-order valence-electron chi connectivity index (χ3n) is 2.28. The summed E-state index contributed by atoms with van der Waals surface area (Å²) in [6.45, 7) is 3.25. The Morgan fingerprint density at radius 2 is 2.10 bits per heavy atom. The number of hydrogen-bond acceptors (Lipinski definition) is 2. The summed E-state index contributed by atoms with van der Waals surface area (Å²) < 4.78 is 0. The van der Waals surface area contributed by atoms with Crippen LogP contribution in [0.1, 0.15) is 25.7 Å². The van der Waals surface area contributed by atoms with Crippen LogP contribution in [0.5, 0.6) is 0 Å². The van der Waals surface area contributed by atoms with Gasteiger partial charge in [-0.2, -0.15) is 0 Å². The summed E-state index contributed by atoms with van der Waals surface area (Å²) in [5.74, 6) is 0.785. The van der Waals surface area contributed by atoms with E-state index in [2.05, 4.69) is 5.32 Å². The number of nitrogens with two attached hydrogens (primary N) is 1. The van der Waals surface area contributed by atoms with Crippen molar-refractivity contribution in [3.63, 3.8) is 0 Å². The summed E-state index contributed by atoms with van der Waals surface area (Å²) in [5.41, 5.74) is 5.60. The number of nitrogens with one attached hydrogen (secondary N) is 1. The molecule has 1 saturated heterocycles. The molecule has 1 unspecified atom stereocenters. The van der Waals surface area contributed by atoms with Gasteiger partial charge in [0.15, 0.2) is 0 Å². The van der Waals surface area contributed by atoms with E-state index in [0.717, 1.165) is 12.5 Å². The lowest BCUT2D eigenvalue weighted by Gasteiger charge is -2.17. The van der Waals surface area contributed by atoms with Gasteiger partial charge in [0.1, 0.15) is 0 Å². The Balaban J connectivity index is 2.16. The van der Waals surface area contributed by atoms with Crippen LogP contribution in [0.25, 0.3) is 0 Å². The van der Waals surface area contributed by atoms with E-state index in [1.54, 1.807) is 0 Å². The van der Waals surface area contributed by atoms with Crippen LogP contribution in [0.4, 0.5) is 0 Å². The minimum absolute atomic E-state index is 0.785. The summed E-state index contributed by atoms with van der Waals surface area (Å²) >= 11 is 0. The lowest BCUT2D eigenvalue weighted by atomic mass is 9.97. The van der Waals surface area contributed by atoms with E-state index in [9.17, 15) is 0 Å². The molecule has 0 aromatic heterocycles. The van der Waals surface area contributed by atoms with Crippen molar-refractivity contribution in [1.29, 1.82) is 0 Å². The normalized spacial score (nSPS) is 29.1. The molecule has 1 heterocycles. The largest absolute Gasteiger partial charge is 0.330 e. The van der Waals surface area contributed by atoms with Crippen LogP contribution in [0.3, 0.4) is 0 Å². The zero-order valence-corrected chi connectivity index (χ0v) is 6.60. The second-order valence-electron chi connectivity index (χ2n) is 3.14. The number of hydrogen-bond donors (Lipinski definition) is 2. The minimum atomic E-state index is 0.785. The highest BCUT2D eigenvalue weighted by Gasteiger charge is 2.07. The average Bonchev–Trinajstić information content (AvgIpc) is 1.87. The summed E-state index contributed by atoms with van der Waals surface area (Å²) in [4.78, 5) is 0. The fraction of sp³-hybridized carbons (Fsp3) is 1.00. The molecule has 0 aromatic carbocycles. The van der Waals surface area contributed by atoms with Gasteiger partial charge in [0.25, 0.3) is 0 Å². The van der Waals surface area contributed by atoms with Gasteiger partial charge in [0, 0.05) is 0 Å². The second kappa shape index (κ2) is 4.69. The zero-order valence-electron chi connectivity index (χ0n) is 6.60. The van der Waals surface area contributed by atoms with E-state index in [-0.39, 0.29) is 0 Å². The average molecular weight is 142 g/mol. The highest BCUT2D eigenvalue weighted by Crippen LogP contribution is 2.12. The van der Waals surface area contributed by atoms with Crippen LogP contribution >= 0.6 is 0 Å². The molecule has 3 N–H and O–H groups in total. The molecule has 0 radical (unpaired) electrons. The standard InChI is InChI=1S/C8H18N2/c9-7-8-3-1-2-5-10-6-4-8/h8,10H,1-7,9H2. The van der Waals surface area contributed by atoms with Gasteiger partial charge in [-0.3, -0.25) is 0 Å². The lowest BCUT2D eigenvalue weighted by molar-refractivity contribution is 0.396. The van der Waals surface area contributed by atoms with E-state index in [4.69, 9.17) is 5.73 Å². The van der Waals surface area contributed by atoms with Crippen molar-refractivity contribution < 1.29 is 0 Å². The molecule has 0 aromatic rings. The van der Waals surface area contributed by atoms with Crippen LogP contribution in [0.15, 0.2) is 0 Å². The quantitative estimate of drug-likeness (QED) is 0.566. The topological polar surface area (TPSA) is 38.0 Å². The lowest BCUT2D eigenvalue weighted by Crippen LogP contribution is -2.25. The highest BCUT2D eigenvalue weighted by molar-refractivity contribution is 4.65. The SMILES string of the molecule is NCC1CCCCNCC1. The van der Waals surface area contributed by atoms with Gasteiger partial charge in [-0.15, -0.1) is 0 Å². The van der Waals surface area contributed by atoms with Crippen LogP contribution in [0.2, 0.25) is 0 Å². The summed E-state index contributed by atoms with van der Waals surface area (Å²) in [6, 6.07) is 0. The van der Waals surface area contributed by atoms with Crippen molar-refractivity contribution in [2.24, 2.45) is 11.7 Å². The van der Waals surface area contributed by atoms with Crippen molar-refractivity contribution in [2.75, 3.05) is 19.6 Å². The van der Waals surface area contributed by atoms with Gasteiger partial charge >= 0.3 is 0 Å². The van der Waals surface area contributed by atoms with E-state index in [1.165, 1.54) is 38.8 Å². The molecule has 1 aliphatic heterocycles. The number of rotatable bonds is 1. The first-order chi connectivity index (χ1) is 4.93. The van der Waals surface area contributed by atoms with Crippen LogP contribution in [-0.2, 0) is 0 Å². The van der Waals surface area contributed by atoms with Gasteiger partial charge in [0.2, 0.25) is 0 Å². The van der Waals surface area contributed by atoms with Crippen molar-refractivity contribution in [3.8, 4) is 0 Å². The predicted octanol–water partition coefficient (Wildman–Crippen LogP) is 0.725. The molecule has 1 aliphatic rings. The first-order valence-corrected chi connectivity index (χ1v) is 4.34. The van der Waals surface area contributed by atoms with Crippen LogP contribution < -0.4 is 11.1 Å². The Morgan fingerprint density at radius 1 is 1.20 bits per heavy atom. The van der Waals surface area contributed by atoms with Crippen molar-refractivity contribution in [3.05, 3.63) is 0 Å². The first-order valence-electron chi connectivity index (χ1n) is 4.34. The summed E-state index contributed by atoms with van der Waals surface area (Å²) in [7, 11) is 0. The molecule has 0 amide bonds. The fourth-order valence-corrected chi connectivity index (χ4v) is 1.49. The molecular formula is C8H18N2. The molecule has 10 heavy (non-hydrogen) atoms. The molecule has 2 nitrogen and oxygen atoms in total. The molecule has 1 fully saturated rings. The first kappa shape index (κ1) is 8.02. The van der Waals surface area contributed by atoms with Crippen LogP contribution in [-0.4, -0.2) is 19.6 Å². The maximum absolute atomic E-state index is 5.60. The monoisotopic (exact) mass is 142 g/mol. The van der Waals surface area contributed by atoms with E-state index >= 15 is 0 Å². The van der Waals surface area contributed by atoms with Gasteiger partial charge in [-0.1, -0.05) is 6.42 Å². The van der Waals surface area contributed by atoms with E-state index in [1.807, 2.05) is 0 Å². The van der Waals surface area contributed by atoms with E-state index < -0.39 is 0 Å². The maximum atomic E-state index is 5.60. The van der Waals surface area contributed by atoms with Crippen molar-refractivity contribution in [2.45, 2.75) is 25.7 Å². The molecular weight excluding hydrogens is 124 g/mol. The molecule has 0 aliphatic carbocycles. The molecule has 2 heteroatoms. The van der Waals surface area contributed by atoms with Gasteiger partial charge < -0.3 is 11.1 Å². The Bertz CT molecular complexity index is 75.3. The second-order valence-corrected chi connectivity index (χ2v) is 3.14. The Hall–Kier alpha value is -0.0800. The Labute approximate surface area is 63.2 Å². The van der Waals surface area contributed by atoms with E-state index in [0.29, 0.717) is 0 Å². The zero-order chi connectivity index (χ0) is 7.23. The smallest absolute Gasteiger partial charge is 0.00458 e. The Morgan fingerprint density at radius 3 is 2.90 bits per heavy atom. The summed E-state index contributed by atoms with van der Waals surface area (Å²) in [5, 5.41) is 3.40. The molecule has 0 bridgehead atoms. The highest BCUT2D eigenvalue weighted by atomic mass is 14.8. The molecule has 1 rings (SSSR count). The van der Waals surface area contributed by atoms with Gasteiger partial charge in [0.05, 0.1) is 0 Å². The van der Waals surface area contributed by atoms with Crippen molar-refractivity contribution >= 4 is 0 Å². The minimum Gasteiger partial charge on any atom is -0.330 e. The van der Waals surface area contributed by atoms with Crippen molar-refractivity contribution in [1.82, 2.24) is 5.32 Å². The molecule has 60 valence electrons. The maximum Gasteiger partial charge on any atom is -0.00458 e. The van der Waals surface area contributed by atoms with Crippen LogP contribution in [0, 0.1) is 5.92 Å². The molecule has 1 atom stereocenters. The van der Waals surface area contributed by atoms with Gasteiger partial charge in [-0.05, 0) is 44.8 Å². The Kier molecular flexibility index (Phi) is 3.76. The third kappa shape index (κ3) is 2.67. The third-order valence-corrected chi connectivity index (χ3v) is 2.28.